The van der Waals surface area contributed by atoms with Gasteiger partial charge in [0.25, 0.3) is 0 Å². The van der Waals surface area contributed by atoms with Crippen LogP contribution in [-0.2, 0) is 4.79 Å². The number of nitrogens with zero attached hydrogens (tertiary/aromatic N) is 2. The summed E-state index contributed by atoms with van der Waals surface area (Å²) in [6.45, 7) is 3.52. The number of hydrogen-bond donors (Lipinski definition) is 2. The third-order valence-electron chi connectivity index (χ3n) is 2.19. The van der Waals surface area contributed by atoms with Gasteiger partial charge in [-0.3, -0.25) is 4.79 Å². The summed E-state index contributed by atoms with van der Waals surface area (Å²) in [4.78, 5) is 19.8. The highest BCUT2D eigenvalue weighted by molar-refractivity contribution is 9.11. The lowest BCUT2D eigenvalue weighted by molar-refractivity contribution is -0.120. The molecular weight excluding hydrogens is 340 g/mol. The molecular formula is C9H12Br2N4O. The number of carbonyl (C=O) groups is 1. The molecule has 0 aliphatic carbocycles. The summed E-state index contributed by atoms with van der Waals surface area (Å²) >= 11 is 6.38. The van der Waals surface area contributed by atoms with Gasteiger partial charge in [0.2, 0.25) is 5.91 Å². The van der Waals surface area contributed by atoms with E-state index in [9.17, 15) is 4.79 Å². The number of anilines is 1. The number of hydrogen-bond acceptors (Lipinski definition) is 4. The van der Waals surface area contributed by atoms with Gasteiger partial charge in [-0.05, 0) is 45.2 Å². The van der Waals surface area contributed by atoms with E-state index in [0.717, 1.165) is 0 Å². The van der Waals surface area contributed by atoms with Crippen molar-refractivity contribution in [3.63, 3.8) is 0 Å². The molecule has 0 saturated carbocycles. The van der Waals surface area contributed by atoms with Crippen LogP contribution >= 0.6 is 31.9 Å². The average Bonchev–Trinajstić information content (AvgIpc) is 2.22. The minimum absolute atomic E-state index is 0.285. The van der Waals surface area contributed by atoms with Crippen molar-refractivity contribution < 1.29 is 4.79 Å². The van der Waals surface area contributed by atoms with Gasteiger partial charge < -0.3 is 11.1 Å². The highest BCUT2D eigenvalue weighted by Crippen LogP contribution is 2.20. The highest BCUT2D eigenvalue weighted by atomic mass is 79.9. The Labute approximate surface area is 110 Å². The maximum Gasteiger partial charge on any atom is 0.245 e. The monoisotopic (exact) mass is 350 g/mol. The maximum absolute atomic E-state index is 11.8. The summed E-state index contributed by atoms with van der Waals surface area (Å²) in [5.74, 6) is 0.0747. The van der Waals surface area contributed by atoms with Crippen molar-refractivity contribution >= 4 is 43.6 Å². The molecule has 0 saturated heterocycles. The standard InChI is InChI=1S/C9H12Br2N4O/c1-3-9(2,12)8(16)15-7-6(11)14-5(10)4-13-7/h4H,3,12H2,1-2H3,(H,13,15,16). The molecule has 5 nitrogen and oxygen atoms in total. The van der Waals surface area contributed by atoms with Crippen LogP contribution < -0.4 is 11.1 Å². The van der Waals surface area contributed by atoms with Crippen LogP contribution in [0.15, 0.2) is 15.4 Å². The smallest absolute Gasteiger partial charge is 0.245 e. The number of amides is 1. The molecule has 1 rings (SSSR count). The lowest BCUT2D eigenvalue weighted by Crippen LogP contribution is -2.48. The second-order valence-corrected chi connectivity index (χ2v) is 5.12. The summed E-state index contributed by atoms with van der Waals surface area (Å²) in [5, 5.41) is 2.62. The van der Waals surface area contributed by atoms with Gasteiger partial charge in [-0.25, -0.2) is 9.97 Å². The molecule has 16 heavy (non-hydrogen) atoms. The van der Waals surface area contributed by atoms with Crippen molar-refractivity contribution in [1.82, 2.24) is 9.97 Å². The Kier molecular flexibility index (Phi) is 4.40. The van der Waals surface area contributed by atoms with E-state index in [-0.39, 0.29) is 5.91 Å². The second-order valence-electron chi connectivity index (χ2n) is 3.56. The fraction of sp³-hybridized carbons (Fsp3) is 0.444. The van der Waals surface area contributed by atoms with E-state index in [2.05, 4.69) is 47.1 Å². The zero-order valence-electron chi connectivity index (χ0n) is 8.92. The first-order valence-corrected chi connectivity index (χ1v) is 6.24. The predicted octanol–water partition coefficient (Wildman–Crippen LogP) is 2.07. The Hall–Kier alpha value is -0.530. The molecule has 0 radical (unpaired) electrons. The predicted molar refractivity (Wildman–Crippen MR) is 68.9 cm³/mol. The molecule has 1 heterocycles. The Bertz CT molecular complexity index is 408. The third kappa shape index (κ3) is 3.23. The van der Waals surface area contributed by atoms with Gasteiger partial charge in [-0.1, -0.05) is 6.92 Å². The van der Waals surface area contributed by atoms with E-state index in [1.807, 2.05) is 6.92 Å². The van der Waals surface area contributed by atoms with E-state index < -0.39 is 5.54 Å². The molecule has 3 N–H and O–H groups in total. The van der Waals surface area contributed by atoms with E-state index >= 15 is 0 Å². The molecule has 0 aromatic carbocycles. The first kappa shape index (κ1) is 13.5. The van der Waals surface area contributed by atoms with Crippen LogP contribution in [0.2, 0.25) is 0 Å². The van der Waals surface area contributed by atoms with Crippen molar-refractivity contribution in [2.24, 2.45) is 5.73 Å². The maximum atomic E-state index is 11.8. The Morgan fingerprint density at radius 1 is 1.62 bits per heavy atom. The molecule has 1 atom stereocenters. The summed E-state index contributed by atoms with van der Waals surface area (Å²) in [7, 11) is 0. The number of carbonyl (C=O) groups excluding carboxylic acids is 1. The molecule has 7 heteroatoms. The van der Waals surface area contributed by atoms with Crippen LogP contribution in [0.4, 0.5) is 5.82 Å². The van der Waals surface area contributed by atoms with E-state index in [0.29, 0.717) is 21.4 Å². The zero-order chi connectivity index (χ0) is 12.3. The minimum Gasteiger partial charge on any atom is -0.318 e. The molecule has 1 aromatic heterocycles. The lowest BCUT2D eigenvalue weighted by Gasteiger charge is -2.21. The van der Waals surface area contributed by atoms with Gasteiger partial charge in [0, 0.05) is 0 Å². The molecule has 0 fully saturated rings. The molecule has 0 bridgehead atoms. The summed E-state index contributed by atoms with van der Waals surface area (Å²) < 4.78 is 1.05. The molecule has 0 spiro atoms. The minimum atomic E-state index is -0.909. The van der Waals surface area contributed by atoms with Gasteiger partial charge in [-0.15, -0.1) is 0 Å². The van der Waals surface area contributed by atoms with Crippen LogP contribution in [0.25, 0.3) is 0 Å². The molecule has 1 amide bonds. The first-order chi connectivity index (χ1) is 7.36. The summed E-state index contributed by atoms with van der Waals surface area (Å²) in [6, 6.07) is 0. The lowest BCUT2D eigenvalue weighted by atomic mass is 10.00. The number of rotatable bonds is 3. The summed E-state index contributed by atoms with van der Waals surface area (Å²) in [6.07, 6.45) is 2.04. The number of aromatic nitrogens is 2. The second kappa shape index (κ2) is 5.20. The van der Waals surface area contributed by atoms with E-state index in [4.69, 9.17) is 5.73 Å². The van der Waals surface area contributed by atoms with Crippen LogP contribution in [0.3, 0.4) is 0 Å². The van der Waals surface area contributed by atoms with Gasteiger partial charge in [0.15, 0.2) is 5.82 Å². The normalized spacial score (nSPS) is 14.3. The van der Waals surface area contributed by atoms with Crippen molar-refractivity contribution in [3.05, 3.63) is 15.4 Å². The third-order valence-corrected chi connectivity index (χ3v) is 3.12. The fourth-order valence-corrected chi connectivity index (χ4v) is 1.75. The highest BCUT2D eigenvalue weighted by Gasteiger charge is 2.26. The van der Waals surface area contributed by atoms with Crippen molar-refractivity contribution in [2.45, 2.75) is 25.8 Å². The Morgan fingerprint density at radius 3 is 2.75 bits per heavy atom. The fourth-order valence-electron chi connectivity index (χ4n) is 0.841. The number of nitrogens with two attached hydrogens (primary N) is 1. The average molecular weight is 352 g/mol. The van der Waals surface area contributed by atoms with Crippen LogP contribution in [0.1, 0.15) is 20.3 Å². The van der Waals surface area contributed by atoms with Crippen LogP contribution in [-0.4, -0.2) is 21.4 Å². The Balaban J connectivity index is 2.85. The topological polar surface area (TPSA) is 80.9 Å². The largest absolute Gasteiger partial charge is 0.318 e. The number of halogens is 2. The SMILES string of the molecule is CCC(C)(N)C(=O)Nc1ncc(Br)nc1Br. The van der Waals surface area contributed by atoms with Crippen molar-refractivity contribution in [1.29, 1.82) is 0 Å². The van der Waals surface area contributed by atoms with E-state index in [1.54, 1.807) is 6.92 Å². The number of nitrogens with one attached hydrogen (secondary N) is 1. The van der Waals surface area contributed by atoms with Gasteiger partial charge in [0.1, 0.15) is 9.21 Å². The molecule has 1 aromatic rings. The molecule has 0 aliphatic heterocycles. The Morgan fingerprint density at radius 2 is 2.25 bits per heavy atom. The van der Waals surface area contributed by atoms with Crippen LogP contribution in [0.5, 0.6) is 0 Å². The first-order valence-electron chi connectivity index (χ1n) is 4.65. The molecule has 1 unspecified atom stereocenters. The van der Waals surface area contributed by atoms with Gasteiger partial charge >= 0.3 is 0 Å². The zero-order valence-corrected chi connectivity index (χ0v) is 12.1. The van der Waals surface area contributed by atoms with E-state index in [1.165, 1.54) is 6.20 Å². The van der Waals surface area contributed by atoms with Crippen molar-refractivity contribution in [2.75, 3.05) is 5.32 Å². The van der Waals surface area contributed by atoms with Gasteiger partial charge in [-0.2, -0.15) is 0 Å². The van der Waals surface area contributed by atoms with Gasteiger partial charge in [0.05, 0.1) is 11.7 Å². The van der Waals surface area contributed by atoms with Crippen molar-refractivity contribution in [3.8, 4) is 0 Å². The quantitative estimate of drug-likeness (QED) is 0.873. The summed E-state index contributed by atoms with van der Waals surface area (Å²) in [5.41, 5.74) is 4.89. The van der Waals surface area contributed by atoms with Crippen LogP contribution in [0, 0.1) is 0 Å². The molecule has 88 valence electrons. The molecule has 0 aliphatic rings.